The second kappa shape index (κ2) is 5.69. The van der Waals surface area contributed by atoms with E-state index in [0.29, 0.717) is 5.94 Å². The minimum atomic E-state index is -0.351. The minimum absolute atomic E-state index is 0.351. The molecule has 0 aromatic rings. The molecule has 0 fully saturated rings. The number of hydrogen-bond donors (Lipinski definition) is 0. The fourth-order valence-corrected chi connectivity index (χ4v) is 0.608. The lowest BCUT2D eigenvalue weighted by Gasteiger charge is -1.96. The summed E-state index contributed by atoms with van der Waals surface area (Å²) in [7, 11) is 0. The van der Waals surface area contributed by atoms with E-state index >= 15 is 0 Å². The van der Waals surface area contributed by atoms with E-state index in [1.54, 1.807) is 11.8 Å². The molecular weight excluding hydrogens is 136 g/mol. The van der Waals surface area contributed by atoms with Gasteiger partial charge in [0.05, 0.1) is 0 Å². The molecule has 0 saturated carbocycles. The van der Waals surface area contributed by atoms with E-state index in [1.807, 2.05) is 6.92 Å². The summed E-state index contributed by atoms with van der Waals surface area (Å²) in [6.45, 7) is 5.26. The van der Waals surface area contributed by atoms with Crippen LogP contribution in [0, 0.1) is 0 Å². The van der Waals surface area contributed by atoms with Crippen molar-refractivity contribution in [1.29, 1.82) is 0 Å². The molecule has 0 N–H and O–H groups in total. The molecule has 0 unspecified atom stereocenters. The molecule has 0 spiro atoms. The number of rotatable bonds is 4. The monoisotopic (exact) mass is 146 g/mol. The van der Waals surface area contributed by atoms with Crippen LogP contribution < -0.4 is 0 Å². The molecule has 0 aliphatic carbocycles. The zero-order valence-electron chi connectivity index (χ0n) is 5.42. The lowest BCUT2D eigenvalue weighted by atomic mass is 10.7. The predicted octanol–water partition coefficient (Wildman–Crippen LogP) is 1.43. The fourth-order valence-electron chi connectivity index (χ4n) is 0.242. The Labute approximate surface area is 59.3 Å². The van der Waals surface area contributed by atoms with E-state index in [0.717, 1.165) is 11.8 Å². The Morgan fingerprint density at radius 3 is 3.00 bits per heavy atom. The zero-order valence-corrected chi connectivity index (χ0v) is 6.24. The second-order valence-electron chi connectivity index (χ2n) is 1.28. The Morgan fingerprint density at radius 2 is 2.56 bits per heavy atom. The molecule has 3 heteroatoms. The summed E-state index contributed by atoms with van der Waals surface area (Å²) in [5.74, 6) is 1.04. The van der Waals surface area contributed by atoms with Crippen molar-refractivity contribution in [3.05, 3.63) is 12.7 Å². The summed E-state index contributed by atoms with van der Waals surface area (Å²) in [6.07, 6.45) is 1.16. The van der Waals surface area contributed by atoms with Crippen molar-refractivity contribution < 1.29 is 9.53 Å². The molecule has 0 aromatic heterocycles. The summed E-state index contributed by atoms with van der Waals surface area (Å²) in [6, 6.07) is 0. The Hall–Kier alpha value is -0.440. The standard InChI is InChI=1S/C6H10O2S/c1-3-6(7)8-5-9-4-2/h3H,1,4-5H2,2H3. The minimum Gasteiger partial charge on any atom is -0.451 e. The van der Waals surface area contributed by atoms with E-state index in [-0.39, 0.29) is 5.97 Å². The number of carbonyl (C=O) groups excluding carboxylic acids is 1. The van der Waals surface area contributed by atoms with Gasteiger partial charge in [-0.15, -0.1) is 11.8 Å². The number of carbonyl (C=O) groups is 1. The van der Waals surface area contributed by atoms with Crippen LogP contribution in [0.2, 0.25) is 0 Å². The molecule has 0 aliphatic heterocycles. The van der Waals surface area contributed by atoms with Crippen molar-refractivity contribution in [2.75, 3.05) is 11.7 Å². The number of hydrogen-bond acceptors (Lipinski definition) is 3. The van der Waals surface area contributed by atoms with Gasteiger partial charge in [0.25, 0.3) is 0 Å². The van der Waals surface area contributed by atoms with Gasteiger partial charge in [0.2, 0.25) is 0 Å². The van der Waals surface area contributed by atoms with Crippen LogP contribution in [0.25, 0.3) is 0 Å². The van der Waals surface area contributed by atoms with Crippen molar-refractivity contribution in [3.8, 4) is 0 Å². The van der Waals surface area contributed by atoms with Gasteiger partial charge in [-0.1, -0.05) is 13.5 Å². The van der Waals surface area contributed by atoms with Gasteiger partial charge in [-0.25, -0.2) is 4.79 Å². The third-order valence-corrected chi connectivity index (χ3v) is 1.35. The third kappa shape index (κ3) is 5.43. The molecule has 0 bridgehead atoms. The maximum Gasteiger partial charge on any atom is 0.330 e. The van der Waals surface area contributed by atoms with Crippen LogP contribution in [0.3, 0.4) is 0 Å². The largest absolute Gasteiger partial charge is 0.451 e. The molecule has 2 nitrogen and oxygen atoms in total. The summed E-state index contributed by atoms with van der Waals surface area (Å²) in [5.41, 5.74) is 0. The first-order valence-corrected chi connectivity index (χ1v) is 3.83. The first kappa shape index (κ1) is 8.56. The van der Waals surface area contributed by atoms with Crippen LogP contribution in [0.4, 0.5) is 0 Å². The van der Waals surface area contributed by atoms with E-state index in [1.165, 1.54) is 0 Å². The lowest BCUT2D eigenvalue weighted by Crippen LogP contribution is -1.98. The van der Waals surface area contributed by atoms with Gasteiger partial charge in [-0.3, -0.25) is 0 Å². The van der Waals surface area contributed by atoms with E-state index in [2.05, 4.69) is 11.3 Å². The van der Waals surface area contributed by atoms with Crippen molar-refractivity contribution in [1.82, 2.24) is 0 Å². The van der Waals surface area contributed by atoms with Gasteiger partial charge in [0, 0.05) is 6.08 Å². The first-order valence-electron chi connectivity index (χ1n) is 2.68. The van der Waals surface area contributed by atoms with Gasteiger partial charge in [0.1, 0.15) is 5.94 Å². The van der Waals surface area contributed by atoms with Gasteiger partial charge < -0.3 is 4.74 Å². The second-order valence-corrected chi connectivity index (χ2v) is 2.50. The molecule has 0 radical (unpaired) electrons. The zero-order chi connectivity index (χ0) is 7.11. The van der Waals surface area contributed by atoms with Crippen molar-refractivity contribution >= 4 is 17.7 Å². The molecule has 0 aliphatic rings. The van der Waals surface area contributed by atoms with Gasteiger partial charge >= 0.3 is 5.97 Å². The highest BCUT2D eigenvalue weighted by atomic mass is 32.2. The number of ether oxygens (including phenoxy) is 1. The molecular formula is C6H10O2S. The SMILES string of the molecule is C=CC(=O)OCSCC. The Morgan fingerprint density at radius 1 is 1.89 bits per heavy atom. The average molecular weight is 146 g/mol. The summed E-state index contributed by atoms with van der Waals surface area (Å²) in [4.78, 5) is 10.3. The van der Waals surface area contributed by atoms with Crippen molar-refractivity contribution in [2.24, 2.45) is 0 Å². The molecule has 0 atom stereocenters. The number of thioether (sulfide) groups is 1. The smallest absolute Gasteiger partial charge is 0.330 e. The van der Waals surface area contributed by atoms with Crippen LogP contribution >= 0.6 is 11.8 Å². The predicted molar refractivity (Wildman–Crippen MR) is 39.3 cm³/mol. The van der Waals surface area contributed by atoms with E-state index in [4.69, 9.17) is 0 Å². The van der Waals surface area contributed by atoms with Crippen LogP contribution in [-0.2, 0) is 9.53 Å². The lowest BCUT2D eigenvalue weighted by molar-refractivity contribution is -0.135. The molecule has 52 valence electrons. The highest BCUT2D eigenvalue weighted by molar-refractivity contribution is 7.99. The van der Waals surface area contributed by atoms with Crippen LogP contribution in [-0.4, -0.2) is 17.7 Å². The Balaban J connectivity index is 3.07. The number of esters is 1. The Bertz CT molecular complexity index is 101. The molecule has 0 rings (SSSR count). The maximum absolute atomic E-state index is 10.3. The van der Waals surface area contributed by atoms with Crippen LogP contribution in [0.1, 0.15) is 6.92 Å². The molecule has 0 amide bonds. The topological polar surface area (TPSA) is 26.3 Å². The van der Waals surface area contributed by atoms with Crippen LogP contribution in [0.5, 0.6) is 0 Å². The highest BCUT2D eigenvalue weighted by Crippen LogP contribution is 1.98. The van der Waals surface area contributed by atoms with Crippen molar-refractivity contribution in [2.45, 2.75) is 6.92 Å². The fraction of sp³-hybridized carbons (Fsp3) is 0.500. The summed E-state index contributed by atoms with van der Waals surface area (Å²) >= 11 is 1.56. The van der Waals surface area contributed by atoms with Gasteiger partial charge in [-0.2, -0.15) is 0 Å². The maximum atomic E-state index is 10.3. The van der Waals surface area contributed by atoms with E-state index in [9.17, 15) is 4.79 Å². The van der Waals surface area contributed by atoms with Crippen LogP contribution in [0.15, 0.2) is 12.7 Å². The average Bonchev–Trinajstić information content (AvgIpc) is 1.89. The molecule has 0 aromatic carbocycles. The molecule has 0 heterocycles. The summed E-state index contributed by atoms with van der Waals surface area (Å²) < 4.78 is 4.64. The summed E-state index contributed by atoms with van der Waals surface area (Å²) in [5, 5.41) is 0. The molecule has 9 heavy (non-hydrogen) atoms. The quantitative estimate of drug-likeness (QED) is 0.260. The van der Waals surface area contributed by atoms with Gasteiger partial charge in [0.15, 0.2) is 0 Å². The van der Waals surface area contributed by atoms with E-state index < -0.39 is 0 Å². The van der Waals surface area contributed by atoms with Crippen molar-refractivity contribution in [3.63, 3.8) is 0 Å². The first-order chi connectivity index (χ1) is 4.31. The van der Waals surface area contributed by atoms with Gasteiger partial charge in [-0.05, 0) is 5.75 Å². The highest BCUT2D eigenvalue weighted by Gasteiger charge is 1.91. The molecule has 0 saturated heterocycles. The Kier molecular flexibility index (Phi) is 5.41. The normalized spacial score (nSPS) is 8.56. The third-order valence-electron chi connectivity index (χ3n) is 0.655.